The zero-order chi connectivity index (χ0) is 10.3. The van der Waals surface area contributed by atoms with E-state index in [2.05, 4.69) is 25.7 Å². The normalized spacial score (nSPS) is 36.9. The first-order valence-corrected chi connectivity index (χ1v) is 5.70. The third-order valence-electron chi connectivity index (χ3n) is 3.83. The second-order valence-electron chi connectivity index (χ2n) is 5.93. The Balaban J connectivity index is 1.79. The molecule has 0 bridgehead atoms. The summed E-state index contributed by atoms with van der Waals surface area (Å²) in [6.45, 7) is 10.5. The molecular formula is C12H21NO. The molecule has 0 radical (unpaired) electrons. The number of aldehydes is 1. The maximum absolute atomic E-state index is 10.3. The van der Waals surface area contributed by atoms with Gasteiger partial charge < -0.3 is 9.69 Å². The zero-order valence-corrected chi connectivity index (χ0v) is 9.49. The molecular weight excluding hydrogens is 174 g/mol. The van der Waals surface area contributed by atoms with Crippen LogP contribution < -0.4 is 0 Å². The number of carbonyl (C=O) groups is 1. The summed E-state index contributed by atoms with van der Waals surface area (Å²) in [6, 6.07) is 0. The van der Waals surface area contributed by atoms with Crippen molar-refractivity contribution in [2.24, 2.45) is 23.2 Å². The number of hydrogen-bond acceptors (Lipinski definition) is 2. The number of likely N-dealkylation sites (tertiary alicyclic amines) is 1. The summed E-state index contributed by atoms with van der Waals surface area (Å²) in [4.78, 5) is 12.7. The predicted molar refractivity (Wildman–Crippen MR) is 57.0 cm³/mol. The Labute approximate surface area is 86.7 Å². The molecule has 0 aromatic carbocycles. The first-order valence-electron chi connectivity index (χ1n) is 5.70. The van der Waals surface area contributed by atoms with E-state index in [1.165, 1.54) is 13.1 Å². The lowest BCUT2D eigenvalue weighted by Gasteiger charge is -2.25. The molecule has 2 rings (SSSR count). The van der Waals surface area contributed by atoms with E-state index >= 15 is 0 Å². The fourth-order valence-corrected chi connectivity index (χ4v) is 3.32. The Morgan fingerprint density at radius 2 is 1.86 bits per heavy atom. The van der Waals surface area contributed by atoms with E-state index in [0.29, 0.717) is 11.8 Å². The van der Waals surface area contributed by atoms with E-state index in [4.69, 9.17) is 0 Å². The van der Waals surface area contributed by atoms with Crippen LogP contribution in [0, 0.1) is 23.2 Å². The van der Waals surface area contributed by atoms with Gasteiger partial charge in [-0.2, -0.15) is 0 Å². The molecule has 0 N–H and O–H groups in total. The van der Waals surface area contributed by atoms with Gasteiger partial charge in [0.15, 0.2) is 0 Å². The van der Waals surface area contributed by atoms with Crippen LogP contribution in [0.5, 0.6) is 0 Å². The molecule has 1 saturated carbocycles. The molecule has 0 aromatic rings. The summed E-state index contributed by atoms with van der Waals surface area (Å²) in [5.74, 6) is 2.80. The quantitative estimate of drug-likeness (QED) is 0.640. The van der Waals surface area contributed by atoms with Crippen LogP contribution in [0.4, 0.5) is 0 Å². The second-order valence-corrected chi connectivity index (χ2v) is 5.93. The number of hydrogen-bond donors (Lipinski definition) is 0. The Kier molecular flexibility index (Phi) is 2.42. The van der Waals surface area contributed by atoms with Gasteiger partial charge in [-0.05, 0) is 23.2 Å². The van der Waals surface area contributed by atoms with Gasteiger partial charge in [-0.15, -0.1) is 0 Å². The Morgan fingerprint density at radius 1 is 1.29 bits per heavy atom. The maximum atomic E-state index is 10.3. The average molecular weight is 195 g/mol. The molecule has 80 valence electrons. The van der Waals surface area contributed by atoms with Crippen molar-refractivity contribution in [2.45, 2.75) is 27.2 Å². The van der Waals surface area contributed by atoms with Crippen molar-refractivity contribution in [3.8, 4) is 0 Å². The number of piperidine rings is 1. The molecule has 1 aliphatic carbocycles. The smallest absolute Gasteiger partial charge is 0.121 e. The second kappa shape index (κ2) is 3.34. The minimum Gasteiger partial charge on any atom is -0.303 e. The molecule has 0 aromatic heterocycles. The van der Waals surface area contributed by atoms with Gasteiger partial charge in [0, 0.05) is 26.1 Å². The van der Waals surface area contributed by atoms with Crippen LogP contribution in [0.3, 0.4) is 0 Å². The third-order valence-corrected chi connectivity index (χ3v) is 3.83. The molecule has 0 spiro atoms. The highest BCUT2D eigenvalue weighted by molar-refractivity contribution is 5.49. The topological polar surface area (TPSA) is 20.3 Å². The van der Waals surface area contributed by atoms with E-state index < -0.39 is 0 Å². The zero-order valence-electron chi connectivity index (χ0n) is 9.49. The van der Waals surface area contributed by atoms with Gasteiger partial charge >= 0.3 is 0 Å². The summed E-state index contributed by atoms with van der Waals surface area (Å²) in [7, 11) is 0. The van der Waals surface area contributed by atoms with Gasteiger partial charge in [-0.3, -0.25) is 0 Å². The first kappa shape index (κ1) is 10.2. The number of fused-ring (bicyclic) bond motifs is 1. The lowest BCUT2D eigenvalue weighted by Crippen LogP contribution is -2.28. The number of carbonyl (C=O) groups excluding carboxylic acids is 1. The average Bonchev–Trinajstić information content (AvgIpc) is 2.62. The van der Waals surface area contributed by atoms with Gasteiger partial charge in [-0.1, -0.05) is 20.8 Å². The van der Waals surface area contributed by atoms with Crippen LogP contribution in [0.25, 0.3) is 0 Å². The van der Waals surface area contributed by atoms with Crippen LogP contribution in [0.1, 0.15) is 27.2 Å². The standard InChI is InChI=1S/C12H21NO/c1-12(2,3)11-9-7-13(5-4-6-14)8-10(9)11/h6,9-11H,4-5,7-8H2,1-3H3/t9-,10?,11?/m1/s1. The highest BCUT2D eigenvalue weighted by Crippen LogP contribution is 2.59. The molecule has 14 heavy (non-hydrogen) atoms. The lowest BCUT2D eigenvalue weighted by atomic mass is 9.87. The van der Waals surface area contributed by atoms with E-state index in [-0.39, 0.29) is 0 Å². The first-order chi connectivity index (χ1) is 6.54. The molecule has 2 unspecified atom stereocenters. The summed E-state index contributed by atoms with van der Waals surface area (Å²) in [5.41, 5.74) is 0.492. The third kappa shape index (κ3) is 1.72. The van der Waals surface area contributed by atoms with E-state index in [1.807, 2.05) is 0 Å². The van der Waals surface area contributed by atoms with E-state index in [0.717, 1.165) is 30.6 Å². The van der Waals surface area contributed by atoms with Gasteiger partial charge in [0.1, 0.15) is 6.29 Å². The molecule has 1 aliphatic heterocycles. The van der Waals surface area contributed by atoms with Gasteiger partial charge in [0.2, 0.25) is 0 Å². The SMILES string of the molecule is CC(C)(C)C1C2CN(CCC=O)C[C@H]21. The summed E-state index contributed by atoms with van der Waals surface area (Å²) in [5, 5.41) is 0. The van der Waals surface area contributed by atoms with E-state index in [9.17, 15) is 4.79 Å². The van der Waals surface area contributed by atoms with Crippen molar-refractivity contribution in [3.05, 3.63) is 0 Å². The lowest BCUT2D eigenvalue weighted by molar-refractivity contribution is -0.108. The van der Waals surface area contributed by atoms with Crippen LogP contribution in [0.15, 0.2) is 0 Å². The Hall–Kier alpha value is -0.370. The largest absolute Gasteiger partial charge is 0.303 e. The molecule has 1 heterocycles. The van der Waals surface area contributed by atoms with Crippen LogP contribution in [-0.4, -0.2) is 30.8 Å². The van der Waals surface area contributed by atoms with Gasteiger partial charge in [-0.25, -0.2) is 0 Å². The fourth-order valence-electron chi connectivity index (χ4n) is 3.32. The minimum absolute atomic E-state index is 0.492. The fraction of sp³-hybridized carbons (Fsp3) is 0.917. The van der Waals surface area contributed by atoms with Crippen molar-refractivity contribution in [1.82, 2.24) is 4.90 Å². The van der Waals surface area contributed by atoms with Crippen molar-refractivity contribution in [3.63, 3.8) is 0 Å². The molecule has 2 heteroatoms. The summed E-state index contributed by atoms with van der Waals surface area (Å²) < 4.78 is 0. The molecule has 0 amide bonds. The number of rotatable bonds is 3. The summed E-state index contributed by atoms with van der Waals surface area (Å²) >= 11 is 0. The maximum Gasteiger partial charge on any atom is 0.121 e. The minimum atomic E-state index is 0.492. The molecule has 3 atom stereocenters. The van der Waals surface area contributed by atoms with Crippen molar-refractivity contribution in [1.29, 1.82) is 0 Å². The van der Waals surface area contributed by atoms with Crippen molar-refractivity contribution >= 4 is 6.29 Å². The molecule has 2 nitrogen and oxygen atoms in total. The van der Waals surface area contributed by atoms with Crippen LogP contribution in [0.2, 0.25) is 0 Å². The predicted octanol–water partition coefficient (Wildman–Crippen LogP) is 1.80. The highest BCUT2D eigenvalue weighted by atomic mass is 16.1. The van der Waals surface area contributed by atoms with E-state index in [1.54, 1.807) is 0 Å². The van der Waals surface area contributed by atoms with Gasteiger partial charge in [0.25, 0.3) is 0 Å². The summed E-state index contributed by atoms with van der Waals surface area (Å²) in [6.07, 6.45) is 1.74. The number of nitrogens with zero attached hydrogens (tertiary/aromatic N) is 1. The molecule has 2 aliphatic rings. The Bertz CT molecular complexity index is 219. The molecule has 2 fully saturated rings. The molecule has 1 saturated heterocycles. The van der Waals surface area contributed by atoms with Crippen molar-refractivity contribution in [2.75, 3.05) is 19.6 Å². The van der Waals surface area contributed by atoms with Crippen LogP contribution >= 0.6 is 0 Å². The van der Waals surface area contributed by atoms with Crippen molar-refractivity contribution < 1.29 is 4.79 Å². The van der Waals surface area contributed by atoms with Crippen LogP contribution in [-0.2, 0) is 4.79 Å². The Morgan fingerprint density at radius 3 is 2.29 bits per heavy atom. The van der Waals surface area contributed by atoms with Gasteiger partial charge in [0.05, 0.1) is 0 Å². The highest BCUT2D eigenvalue weighted by Gasteiger charge is 2.59. The monoisotopic (exact) mass is 195 g/mol.